The molecule has 2 heterocycles. The number of nitrogens with zero attached hydrogens (tertiary/aromatic N) is 2. The summed E-state index contributed by atoms with van der Waals surface area (Å²) in [4.78, 5) is 38.7. The van der Waals surface area contributed by atoms with Crippen molar-refractivity contribution < 1.29 is 9.59 Å². The first-order chi connectivity index (χ1) is 15.1. The average molecular weight is 416 g/mol. The van der Waals surface area contributed by atoms with Gasteiger partial charge in [0.1, 0.15) is 5.69 Å². The molecule has 0 atom stereocenters. The first-order valence-electron chi connectivity index (χ1n) is 10.4. The van der Waals surface area contributed by atoms with Crippen molar-refractivity contribution in [2.24, 2.45) is 0 Å². The van der Waals surface area contributed by atoms with Crippen molar-refractivity contribution in [3.8, 4) is 0 Å². The van der Waals surface area contributed by atoms with Gasteiger partial charge in [-0.25, -0.2) is 5.10 Å². The number of aromatic nitrogens is 2. The van der Waals surface area contributed by atoms with E-state index in [9.17, 15) is 14.4 Å². The summed E-state index contributed by atoms with van der Waals surface area (Å²) in [6, 6.07) is 22.2. The number of H-pyrrole nitrogens is 1. The van der Waals surface area contributed by atoms with E-state index in [-0.39, 0.29) is 35.0 Å². The van der Waals surface area contributed by atoms with Crippen LogP contribution in [0, 0.1) is 0 Å². The zero-order valence-corrected chi connectivity index (χ0v) is 17.0. The molecule has 0 bridgehead atoms. The maximum Gasteiger partial charge on any atom is 0.274 e. The summed E-state index contributed by atoms with van der Waals surface area (Å²) in [5.41, 5.74) is 1.77. The molecule has 31 heavy (non-hydrogen) atoms. The number of carbonyl (C=O) groups excluding carboxylic acids is 2. The highest BCUT2D eigenvalue weighted by molar-refractivity contribution is 5.92. The molecular weight excluding hydrogens is 392 g/mol. The Balaban J connectivity index is 1.41. The standard InChI is InChI=1S/C24H24N4O3/c29-21-12-11-20(26-27-21)24(31)28-15-13-19(14-16-28)25-23(30)22(17-7-3-1-4-8-17)18-9-5-2-6-10-18/h1-12,19,22H,13-16H2,(H,25,30)(H,27,29). The van der Waals surface area contributed by atoms with E-state index in [4.69, 9.17) is 0 Å². The fourth-order valence-corrected chi connectivity index (χ4v) is 3.92. The third-order valence-corrected chi connectivity index (χ3v) is 5.55. The highest BCUT2D eigenvalue weighted by Crippen LogP contribution is 2.25. The summed E-state index contributed by atoms with van der Waals surface area (Å²) in [6.07, 6.45) is 1.33. The van der Waals surface area contributed by atoms with E-state index in [2.05, 4.69) is 15.5 Å². The molecule has 1 aromatic heterocycles. The SMILES string of the molecule is O=C(NC1CCN(C(=O)c2ccc(=O)[nH]n2)CC1)C(c1ccccc1)c1ccccc1. The van der Waals surface area contributed by atoms with E-state index < -0.39 is 0 Å². The van der Waals surface area contributed by atoms with E-state index in [1.54, 1.807) is 4.90 Å². The third-order valence-electron chi connectivity index (χ3n) is 5.55. The number of piperidine rings is 1. The molecular formula is C24H24N4O3. The van der Waals surface area contributed by atoms with E-state index in [0.717, 1.165) is 11.1 Å². The highest BCUT2D eigenvalue weighted by atomic mass is 16.2. The zero-order valence-electron chi connectivity index (χ0n) is 17.0. The van der Waals surface area contributed by atoms with Gasteiger partial charge in [0, 0.05) is 25.2 Å². The Morgan fingerprint density at radius 1 is 0.903 bits per heavy atom. The van der Waals surface area contributed by atoms with Crippen molar-refractivity contribution in [1.29, 1.82) is 0 Å². The number of benzene rings is 2. The fraction of sp³-hybridized carbons (Fsp3) is 0.250. The van der Waals surface area contributed by atoms with E-state index in [1.807, 2.05) is 60.7 Å². The Labute approximate surface area is 180 Å². The van der Waals surface area contributed by atoms with Crippen LogP contribution in [-0.2, 0) is 4.79 Å². The number of hydrogen-bond acceptors (Lipinski definition) is 4. The summed E-state index contributed by atoms with van der Waals surface area (Å²) in [5.74, 6) is -0.635. The van der Waals surface area contributed by atoms with E-state index in [1.165, 1.54) is 12.1 Å². The van der Waals surface area contributed by atoms with Gasteiger partial charge in [-0.2, -0.15) is 5.10 Å². The summed E-state index contributed by atoms with van der Waals surface area (Å²) in [6.45, 7) is 1.04. The molecule has 3 aromatic rings. The van der Waals surface area contributed by atoms with Crippen LogP contribution in [0.3, 0.4) is 0 Å². The topological polar surface area (TPSA) is 95.2 Å². The van der Waals surface area contributed by atoms with Gasteiger partial charge in [0.15, 0.2) is 0 Å². The predicted octanol–water partition coefficient (Wildman–Crippen LogP) is 2.32. The molecule has 0 unspecified atom stereocenters. The lowest BCUT2D eigenvalue weighted by molar-refractivity contribution is -0.122. The zero-order chi connectivity index (χ0) is 21.6. The van der Waals surface area contributed by atoms with Crippen LogP contribution in [0.2, 0.25) is 0 Å². The lowest BCUT2D eigenvalue weighted by Crippen LogP contribution is -2.47. The van der Waals surface area contributed by atoms with Crippen molar-refractivity contribution in [1.82, 2.24) is 20.4 Å². The second kappa shape index (κ2) is 9.38. The number of hydrogen-bond donors (Lipinski definition) is 2. The molecule has 7 heteroatoms. The Hall–Kier alpha value is -3.74. The number of aromatic amines is 1. The van der Waals surface area contributed by atoms with Gasteiger partial charge < -0.3 is 10.2 Å². The van der Waals surface area contributed by atoms with Crippen LogP contribution in [0.25, 0.3) is 0 Å². The molecule has 2 aromatic carbocycles. The molecule has 2 amide bonds. The van der Waals surface area contributed by atoms with E-state index >= 15 is 0 Å². The predicted molar refractivity (Wildman–Crippen MR) is 117 cm³/mol. The Morgan fingerprint density at radius 2 is 1.48 bits per heavy atom. The number of rotatable bonds is 5. The Kier molecular flexibility index (Phi) is 6.21. The van der Waals surface area contributed by atoms with Gasteiger partial charge >= 0.3 is 0 Å². The van der Waals surface area contributed by atoms with Crippen LogP contribution >= 0.6 is 0 Å². The van der Waals surface area contributed by atoms with Crippen molar-refractivity contribution in [2.75, 3.05) is 13.1 Å². The molecule has 158 valence electrons. The first-order valence-corrected chi connectivity index (χ1v) is 10.4. The van der Waals surface area contributed by atoms with Crippen molar-refractivity contribution >= 4 is 11.8 Å². The largest absolute Gasteiger partial charge is 0.352 e. The lowest BCUT2D eigenvalue weighted by Gasteiger charge is -2.33. The lowest BCUT2D eigenvalue weighted by atomic mass is 9.90. The van der Waals surface area contributed by atoms with Crippen LogP contribution in [0.5, 0.6) is 0 Å². The van der Waals surface area contributed by atoms with Crippen molar-refractivity contribution in [3.63, 3.8) is 0 Å². The molecule has 2 N–H and O–H groups in total. The van der Waals surface area contributed by atoms with Gasteiger partial charge in [0.25, 0.3) is 11.5 Å². The van der Waals surface area contributed by atoms with Gasteiger partial charge in [0.2, 0.25) is 5.91 Å². The molecule has 0 radical (unpaired) electrons. The van der Waals surface area contributed by atoms with Crippen LogP contribution in [-0.4, -0.2) is 46.0 Å². The van der Waals surface area contributed by atoms with Gasteiger partial charge in [-0.15, -0.1) is 0 Å². The second-order valence-electron chi connectivity index (χ2n) is 7.64. The summed E-state index contributed by atoms with van der Waals surface area (Å²) < 4.78 is 0. The minimum atomic E-state index is -0.382. The number of amides is 2. The van der Waals surface area contributed by atoms with Gasteiger partial charge in [-0.3, -0.25) is 14.4 Å². The molecule has 1 saturated heterocycles. The fourth-order valence-electron chi connectivity index (χ4n) is 3.92. The van der Waals surface area contributed by atoms with Gasteiger partial charge in [-0.05, 0) is 30.0 Å². The van der Waals surface area contributed by atoms with Crippen LogP contribution in [0.1, 0.15) is 40.4 Å². The van der Waals surface area contributed by atoms with Gasteiger partial charge in [0.05, 0.1) is 5.92 Å². The first kappa shape index (κ1) is 20.5. The average Bonchev–Trinajstić information content (AvgIpc) is 2.81. The third kappa shape index (κ3) is 4.88. The quantitative estimate of drug-likeness (QED) is 0.667. The minimum absolute atomic E-state index is 0.00462. The van der Waals surface area contributed by atoms with Crippen LogP contribution < -0.4 is 10.9 Å². The normalized spacial score (nSPS) is 14.4. The molecule has 1 aliphatic heterocycles. The maximum absolute atomic E-state index is 13.2. The number of likely N-dealkylation sites (tertiary alicyclic amines) is 1. The van der Waals surface area contributed by atoms with Crippen molar-refractivity contribution in [3.05, 3.63) is 100.0 Å². The molecule has 4 rings (SSSR count). The molecule has 1 fully saturated rings. The summed E-state index contributed by atoms with van der Waals surface area (Å²) in [5, 5.41) is 9.28. The maximum atomic E-state index is 13.2. The summed E-state index contributed by atoms with van der Waals surface area (Å²) in [7, 11) is 0. The molecule has 0 spiro atoms. The van der Waals surface area contributed by atoms with E-state index in [0.29, 0.717) is 25.9 Å². The smallest absolute Gasteiger partial charge is 0.274 e. The second-order valence-corrected chi connectivity index (χ2v) is 7.64. The van der Waals surface area contributed by atoms with Gasteiger partial charge in [-0.1, -0.05) is 60.7 Å². The highest BCUT2D eigenvalue weighted by Gasteiger charge is 2.28. The molecule has 1 aliphatic rings. The Bertz CT molecular complexity index is 1030. The molecule has 7 nitrogen and oxygen atoms in total. The monoisotopic (exact) mass is 416 g/mol. The number of carbonyl (C=O) groups is 2. The molecule has 0 aliphatic carbocycles. The molecule has 0 saturated carbocycles. The minimum Gasteiger partial charge on any atom is -0.352 e. The Morgan fingerprint density at radius 3 is 2.00 bits per heavy atom. The van der Waals surface area contributed by atoms with Crippen LogP contribution in [0.4, 0.5) is 0 Å². The van der Waals surface area contributed by atoms with Crippen LogP contribution in [0.15, 0.2) is 77.6 Å². The summed E-state index contributed by atoms with van der Waals surface area (Å²) >= 11 is 0. The number of nitrogens with one attached hydrogen (secondary N) is 2. The van der Waals surface area contributed by atoms with Crippen molar-refractivity contribution in [2.45, 2.75) is 24.8 Å².